The summed E-state index contributed by atoms with van der Waals surface area (Å²) in [6.07, 6.45) is 0.975. The lowest BCUT2D eigenvalue weighted by molar-refractivity contribution is 0.193. The van der Waals surface area contributed by atoms with Crippen molar-refractivity contribution in [3.8, 4) is 0 Å². The second-order valence-corrected chi connectivity index (χ2v) is 6.21. The number of anilines is 2. The first kappa shape index (κ1) is 17.3. The van der Waals surface area contributed by atoms with E-state index in [9.17, 15) is 4.79 Å². The summed E-state index contributed by atoms with van der Waals surface area (Å²) in [6.45, 7) is 6.31. The molecule has 2 N–H and O–H groups in total. The van der Waals surface area contributed by atoms with Crippen molar-refractivity contribution in [1.82, 2.24) is 19.5 Å². The Morgan fingerprint density at radius 1 is 1.28 bits per heavy atom. The van der Waals surface area contributed by atoms with Crippen LogP contribution < -0.4 is 16.3 Å². The van der Waals surface area contributed by atoms with E-state index in [-0.39, 0.29) is 5.69 Å². The quantitative estimate of drug-likeness (QED) is 0.816. The van der Waals surface area contributed by atoms with Crippen LogP contribution in [0.3, 0.4) is 0 Å². The average molecular weight is 344 g/mol. The average Bonchev–Trinajstić information content (AvgIpc) is 3.11. The van der Waals surface area contributed by atoms with Crippen molar-refractivity contribution in [3.05, 3.63) is 39.7 Å². The predicted molar refractivity (Wildman–Crippen MR) is 96.2 cm³/mol. The van der Waals surface area contributed by atoms with Crippen LogP contribution in [0.25, 0.3) is 0 Å². The normalized spacial score (nSPS) is 16.8. The van der Waals surface area contributed by atoms with Gasteiger partial charge in [-0.15, -0.1) is 0 Å². The Morgan fingerprint density at radius 3 is 2.80 bits per heavy atom. The highest BCUT2D eigenvalue weighted by molar-refractivity contribution is 5.43. The molecule has 2 aromatic rings. The zero-order valence-corrected chi connectivity index (χ0v) is 14.9. The van der Waals surface area contributed by atoms with Gasteiger partial charge in [0.1, 0.15) is 5.82 Å². The Labute approximate surface area is 146 Å². The maximum atomic E-state index is 12.0. The maximum Gasteiger partial charge on any atom is 0.348 e. The van der Waals surface area contributed by atoms with E-state index in [1.165, 1.54) is 0 Å². The Balaban J connectivity index is 1.70. The van der Waals surface area contributed by atoms with Gasteiger partial charge < -0.3 is 15.4 Å². The van der Waals surface area contributed by atoms with Crippen molar-refractivity contribution in [3.63, 3.8) is 0 Å². The number of hydrogen-bond donors (Lipinski definition) is 2. The monoisotopic (exact) mass is 344 g/mol. The van der Waals surface area contributed by atoms with Crippen molar-refractivity contribution >= 4 is 11.8 Å². The second-order valence-electron chi connectivity index (χ2n) is 6.21. The summed E-state index contributed by atoms with van der Waals surface area (Å²) in [6, 6.07) is 3.87. The van der Waals surface area contributed by atoms with Gasteiger partial charge >= 0.3 is 5.69 Å². The lowest BCUT2D eigenvalue weighted by Gasteiger charge is -2.14. The summed E-state index contributed by atoms with van der Waals surface area (Å²) < 4.78 is 7.11. The number of rotatable bonds is 6. The zero-order valence-electron chi connectivity index (χ0n) is 14.9. The molecule has 0 bridgehead atoms. The van der Waals surface area contributed by atoms with Gasteiger partial charge in [-0.05, 0) is 26.3 Å². The van der Waals surface area contributed by atoms with Gasteiger partial charge in [-0.25, -0.2) is 9.78 Å². The highest BCUT2D eigenvalue weighted by Gasteiger charge is 2.20. The van der Waals surface area contributed by atoms with Crippen LogP contribution in [-0.4, -0.2) is 46.3 Å². The zero-order chi connectivity index (χ0) is 17.8. The van der Waals surface area contributed by atoms with Gasteiger partial charge in [-0.2, -0.15) is 9.97 Å². The van der Waals surface area contributed by atoms with E-state index in [2.05, 4.69) is 25.6 Å². The number of aromatic nitrogens is 4. The Bertz CT molecular complexity index is 798. The van der Waals surface area contributed by atoms with E-state index in [0.29, 0.717) is 31.6 Å². The summed E-state index contributed by atoms with van der Waals surface area (Å²) >= 11 is 0. The van der Waals surface area contributed by atoms with Crippen molar-refractivity contribution in [1.29, 1.82) is 0 Å². The molecule has 3 heterocycles. The molecule has 0 saturated carbocycles. The van der Waals surface area contributed by atoms with Crippen molar-refractivity contribution < 1.29 is 4.74 Å². The molecular formula is C17H24N6O2. The van der Waals surface area contributed by atoms with Gasteiger partial charge in [0.15, 0.2) is 0 Å². The summed E-state index contributed by atoms with van der Waals surface area (Å²) in [7, 11) is 1.80. The minimum absolute atomic E-state index is 0.221. The fourth-order valence-electron chi connectivity index (χ4n) is 2.99. The molecular weight excluding hydrogens is 320 g/mol. The van der Waals surface area contributed by atoms with Gasteiger partial charge in [0.2, 0.25) is 5.95 Å². The molecule has 0 aliphatic carbocycles. The number of nitrogens with zero attached hydrogens (tertiary/aromatic N) is 4. The molecule has 3 rings (SSSR count). The molecule has 1 aliphatic heterocycles. The molecule has 0 aromatic carbocycles. The van der Waals surface area contributed by atoms with E-state index in [1.807, 2.05) is 26.0 Å². The third-order valence-corrected chi connectivity index (χ3v) is 4.31. The van der Waals surface area contributed by atoms with Gasteiger partial charge in [0.05, 0.1) is 12.3 Å². The highest BCUT2D eigenvalue weighted by Crippen LogP contribution is 2.25. The summed E-state index contributed by atoms with van der Waals surface area (Å²) in [4.78, 5) is 25.0. The summed E-state index contributed by atoms with van der Waals surface area (Å²) in [5.74, 6) is 1.63. The summed E-state index contributed by atoms with van der Waals surface area (Å²) in [5, 5.41) is 6.28. The molecule has 0 radical (unpaired) electrons. The van der Waals surface area contributed by atoms with E-state index in [4.69, 9.17) is 4.74 Å². The first-order chi connectivity index (χ1) is 12.1. The summed E-state index contributed by atoms with van der Waals surface area (Å²) in [5.41, 5.74) is 2.40. The van der Waals surface area contributed by atoms with Gasteiger partial charge in [-0.3, -0.25) is 4.57 Å². The van der Waals surface area contributed by atoms with Crippen LogP contribution in [0.1, 0.15) is 29.4 Å². The number of aryl methyl sites for hydroxylation is 2. The van der Waals surface area contributed by atoms with Crippen molar-refractivity contribution in [2.24, 2.45) is 0 Å². The van der Waals surface area contributed by atoms with Crippen LogP contribution in [0.5, 0.6) is 0 Å². The van der Waals surface area contributed by atoms with Crippen molar-refractivity contribution in [2.75, 3.05) is 37.4 Å². The first-order valence-corrected chi connectivity index (χ1v) is 8.50. The Kier molecular flexibility index (Phi) is 5.28. The maximum absolute atomic E-state index is 12.0. The Hall–Kier alpha value is -2.48. The second kappa shape index (κ2) is 7.60. The third-order valence-electron chi connectivity index (χ3n) is 4.31. The van der Waals surface area contributed by atoms with E-state index >= 15 is 0 Å². The fraction of sp³-hybridized carbons (Fsp3) is 0.529. The van der Waals surface area contributed by atoms with Crippen LogP contribution in [-0.2, 0) is 11.3 Å². The molecule has 1 aliphatic rings. The van der Waals surface area contributed by atoms with Crippen LogP contribution in [0.2, 0.25) is 0 Å². The minimum Gasteiger partial charge on any atom is -0.381 e. The van der Waals surface area contributed by atoms with Crippen LogP contribution in [0.4, 0.5) is 11.8 Å². The standard InChI is InChI=1S/C17H24N6O2/c1-11-8-12(2)23(17(24)20-11)6-5-19-15-9-14(13-4-7-25-10-13)21-16(18-3)22-15/h8-9,13H,4-7,10H2,1-3H3,(H2,18,19,21,22)/t13-/m0/s1. The smallest absolute Gasteiger partial charge is 0.348 e. The number of nitrogens with one attached hydrogen (secondary N) is 2. The lowest BCUT2D eigenvalue weighted by Crippen LogP contribution is -2.28. The van der Waals surface area contributed by atoms with Crippen LogP contribution in [0, 0.1) is 13.8 Å². The molecule has 1 fully saturated rings. The van der Waals surface area contributed by atoms with Gasteiger partial charge in [0, 0.05) is 50.1 Å². The lowest BCUT2D eigenvalue weighted by atomic mass is 10.0. The van der Waals surface area contributed by atoms with Gasteiger partial charge in [0.25, 0.3) is 0 Å². The van der Waals surface area contributed by atoms with Gasteiger partial charge in [-0.1, -0.05) is 0 Å². The molecule has 8 heteroatoms. The van der Waals surface area contributed by atoms with Crippen LogP contribution >= 0.6 is 0 Å². The van der Waals surface area contributed by atoms with E-state index in [1.54, 1.807) is 11.6 Å². The largest absolute Gasteiger partial charge is 0.381 e. The minimum atomic E-state index is -0.221. The predicted octanol–water partition coefficient (Wildman–Crippen LogP) is 1.31. The molecule has 25 heavy (non-hydrogen) atoms. The number of hydrogen-bond acceptors (Lipinski definition) is 7. The third kappa shape index (κ3) is 4.14. The molecule has 134 valence electrons. The van der Waals surface area contributed by atoms with Crippen LogP contribution in [0.15, 0.2) is 16.9 Å². The molecule has 0 amide bonds. The Morgan fingerprint density at radius 2 is 2.12 bits per heavy atom. The van der Waals surface area contributed by atoms with E-state index < -0.39 is 0 Å². The first-order valence-electron chi connectivity index (χ1n) is 8.50. The molecule has 8 nitrogen and oxygen atoms in total. The SMILES string of the molecule is CNc1nc(NCCn2c(C)cc(C)nc2=O)cc([C@H]2CCOC2)n1. The molecule has 1 saturated heterocycles. The molecule has 2 aromatic heterocycles. The molecule has 0 unspecified atom stereocenters. The topological polar surface area (TPSA) is 94.0 Å². The molecule has 0 spiro atoms. The highest BCUT2D eigenvalue weighted by atomic mass is 16.5. The van der Waals surface area contributed by atoms with E-state index in [0.717, 1.165) is 35.9 Å². The fourth-order valence-corrected chi connectivity index (χ4v) is 2.99. The molecule has 1 atom stereocenters. The number of ether oxygens (including phenoxy) is 1. The van der Waals surface area contributed by atoms with Crippen molar-refractivity contribution in [2.45, 2.75) is 32.7 Å².